The highest BCUT2D eigenvalue weighted by molar-refractivity contribution is 6.29. The van der Waals surface area contributed by atoms with Gasteiger partial charge in [0.25, 0.3) is 0 Å². The number of anilines is 3. The Morgan fingerprint density at radius 2 is 2.11 bits per heavy atom. The van der Waals surface area contributed by atoms with Gasteiger partial charge >= 0.3 is 0 Å². The molecule has 0 saturated carbocycles. The first-order valence-electron chi connectivity index (χ1n) is 5.14. The molecule has 2 N–H and O–H groups in total. The van der Waals surface area contributed by atoms with E-state index >= 15 is 0 Å². The van der Waals surface area contributed by atoms with Crippen LogP contribution in [0.4, 0.5) is 17.5 Å². The minimum Gasteiger partial charge on any atom is -0.368 e. The van der Waals surface area contributed by atoms with E-state index in [0.717, 1.165) is 5.69 Å². The molecule has 0 amide bonds. The fraction of sp³-hybridized carbons (Fsp3) is 0.0833. The van der Waals surface area contributed by atoms with Crippen molar-refractivity contribution in [3.05, 3.63) is 41.0 Å². The first-order chi connectivity index (χ1) is 8.60. The minimum absolute atomic E-state index is 0.112. The standard InChI is InChI=1S/C12H10ClN5/c1-18(9-4-2-3-8(5-9)7-14)11-6-10(13)16-12(15)17-11/h2-6H,1H3,(H2,15,16,17). The first kappa shape index (κ1) is 12.1. The number of benzene rings is 1. The Balaban J connectivity index is 2.41. The number of hydrogen-bond donors (Lipinski definition) is 1. The molecule has 2 aromatic rings. The number of hydrogen-bond acceptors (Lipinski definition) is 5. The molecule has 18 heavy (non-hydrogen) atoms. The van der Waals surface area contributed by atoms with Crippen molar-refractivity contribution in [3.8, 4) is 6.07 Å². The van der Waals surface area contributed by atoms with Crippen molar-refractivity contribution in [3.63, 3.8) is 0 Å². The Morgan fingerprint density at radius 1 is 1.33 bits per heavy atom. The van der Waals surface area contributed by atoms with Crippen LogP contribution in [0, 0.1) is 11.3 Å². The predicted molar refractivity (Wildman–Crippen MR) is 70.7 cm³/mol. The maximum Gasteiger partial charge on any atom is 0.223 e. The van der Waals surface area contributed by atoms with Crippen molar-refractivity contribution in [1.29, 1.82) is 5.26 Å². The average molecular weight is 260 g/mol. The van der Waals surface area contributed by atoms with E-state index in [1.54, 1.807) is 29.2 Å². The summed E-state index contributed by atoms with van der Waals surface area (Å²) in [5.74, 6) is 0.684. The number of nitriles is 1. The molecule has 2 rings (SSSR count). The van der Waals surface area contributed by atoms with Crippen LogP contribution in [0.1, 0.15) is 5.56 Å². The van der Waals surface area contributed by atoms with Gasteiger partial charge in [0, 0.05) is 18.8 Å². The molecule has 0 fully saturated rings. The molecule has 1 heterocycles. The molecule has 0 aliphatic rings. The van der Waals surface area contributed by atoms with Gasteiger partial charge in [0.05, 0.1) is 11.6 Å². The molecule has 90 valence electrons. The van der Waals surface area contributed by atoms with Crippen LogP contribution >= 0.6 is 11.6 Å². The smallest absolute Gasteiger partial charge is 0.223 e. The highest BCUT2D eigenvalue weighted by atomic mass is 35.5. The van der Waals surface area contributed by atoms with Gasteiger partial charge < -0.3 is 10.6 Å². The van der Waals surface area contributed by atoms with Gasteiger partial charge in [-0.25, -0.2) is 4.98 Å². The molecule has 0 aliphatic heterocycles. The molecule has 0 atom stereocenters. The van der Waals surface area contributed by atoms with Crippen molar-refractivity contribution in [1.82, 2.24) is 9.97 Å². The fourth-order valence-electron chi connectivity index (χ4n) is 1.51. The molecule has 0 aliphatic carbocycles. The second-order valence-corrected chi connectivity index (χ2v) is 4.02. The Labute approximate surface area is 109 Å². The molecule has 0 bridgehead atoms. The lowest BCUT2D eigenvalue weighted by Crippen LogP contribution is -2.12. The third-order valence-corrected chi connectivity index (χ3v) is 2.60. The van der Waals surface area contributed by atoms with Gasteiger partial charge in [-0.1, -0.05) is 17.7 Å². The summed E-state index contributed by atoms with van der Waals surface area (Å²) in [5.41, 5.74) is 6.94. The summed E-state index contributed by atoms with van der Waals surface area (Å²) >= 11 is 5.83. The van der Waals surface area contributed by atoms with E-state index < -0.39 is 0 Å². The third kappa shape index (κ3) is 2.50. The van der Waals surface area contributed by atoms with Gasteiger partial charge in [-0.2, -0.15) is 10.2 Å². The monoisotopic (exact) mass is 259 g/mol. The van der Waals surface area contributed by atoms with Crippen LogP contribution in [0.3, 0.4) is 0 Å². The second kappa shape index (κ2) is 4.90. The summed E-state index contributed by atoms with van der Waals surface area (Å²) in [7, 11) is 1.81. The lowest BCUT2D eigenvalue weighted by Gasteiger charge is -2.18. The van der Waals surface area contributed by atoms with Crippen LogP contribution in [0.25, 0.3) is 0 Å². The molecule has 0 unspecified atom stereocenters. The van der Waals surface area contributed by atoms with Crippen molar-refractivity contribution < 1.29 is 0 Å². The number of aromatic nitrogens is 2. The van der Waals surface area contributed by atoms with Crippen molar-refractivity contribution in [2.75, 3.05) is 17.7 Å². The average Bonchev–Trinajstić information content (AvgIpc) is 2.37. The second-order valence-electron chi connectivity index (χ2n) is 3.63. The Hall–Kier alpha value is -2.32. The van der Waals surface area contributed by atoms with Crippen LogP contribution in [0.5, 0.6) is 0 Å². The van der Waals surface area contributed by atoms with Gasteiger partial charge in [0.1, 0.15) is 11.0 Å². The summed E-state index contributed by atoms with van der Waals surface area (Å²) < 4.78 is 0. The number of nitrogens with two attached hydrogens (primary N) is 1. The molecule has 6 heteroatoms. The largest absolute Gasteiger partial charge is 0.368 e. The maximum absolute atomic E-state index is 8.87. The summed E-state index contributed by atoms with van der Waals surface area (Å²) in [6.07, 6.45) is 0. The van der Waals surface area contributed by atoms with E-state index in [-0.39, 0.29) is 11.1 Å². The highest BCUT2D eigenvalue weighted by Crippen LogP contribution is 2.24. The summed E-state index contributed by atoms with van der Waals surface area (Å²) in [5, 5.41) is 9.15. The van der Waals surface area contributed by atoms with E-state index in [2.05, 4.69) is 16.0 Å². The molecular weight excluding hydrogens is 250 g/mol. The van der Waals surface area contributed by atoms with Gasteiger partial charge in [-0.15, -0.1) is 0 Å². The zero-order chi connectivity index (χ0) is 13.1. The Kier molecular flexibility index (Phi) is 3.31. The SMILES string of the molecule is CN(c1cccc(C#N)c1)c1cc(Cl)nc(N)n1. The minimum atomic E-state index is 0.112. The molecular formula is C12H10ClN5. The Morgan fingerprint density at radius 3 is 2.78 bits per heavy atom. The van der Waals surface area contributed by atoms with Crippen LogP contribution in [-0.4, -0.2) is 17.0 Å². The van der Waals surface area contributed by atoms with E-state index in [4.69, 9.17) is 22.6 Å². The van der Waals surface area contributed by atoms with E-state index in [0.29, 0.717) is 11.4 Å². The van der Waals surface area contributed by atoms with Crippen molar-refractivity contribution >= 4 is 29.1 Å². The number of nitrogen functional groups attached to an aromatic ring is 1. The van der Waals surface area contributed by atoms with Crippen LogP contribution in [0.2, 0.25) is 5.15 Å². The number of nitrogens with zero attached hydrogens (tertiary/aromatic N) is 4. The van der Waals surface area contributed by atoms with E-state index in [1.165, 1.54) is 0 Å². The van der Waals surface area contributed by atoms with Crippen molar-refractivity contribution in [2.24, 2.45) is 0 Å². The molecule has 0 radical (unpaired) electrons. The quantitative estimate of drug-likeness (QED) is 0.838. The van der Waals surface area contributed by atoms with Gasteiger partial charge in [0.15, 0.2) is 0 Å². The van der Waals surface area contributed by atoms with Crippen LogP contribution in [-0.2, 0) is 0 Å². The van der Waals surface area contributed by atoms with E-state index in [9.17, 15) is 0 Å². The van der Waals surface area contributed by atoms with Crippen LogP contribution < -0.4 is 10.6 Å². The predicted octanol–water partition coefficient (Wildman–Crippen LogP) is 2.35. The lowest BCUT2D eigenvalue weighted by molar-refractivity contribution is 1.09. The number of halogens is 1. The highest BCUT2D eigenvalue weighted by Gasteiger charge is 2.08. The molecule has 1 aromatic heterocycles. The molecule has 5 nitrogen and oxygen atoms in total. The zero-order valence-corrected chi connectivity index (χ0v) is 10.4. The maximum atomic E-state index is 8.87. The first-order valence-corrected chi connectivity index (χ1v) is 5.52. The Bertz CT molecular complexity index is 600. The van der Waals surface area contributed by atoms with Gasteiger partial charge in [-0.05, 0) is 18.2 Å². The van der Waals surface area contributed by atoms with Crippen LogP contribution in [0.15, 0.2) is 30.3 Å². The normalized spacial score (nSPS) is 9.83. The molecule has 0 saturated heterocycles. The van der Waals surface area contributed by atoms with E-state index in [1.807, 2.05) is 13.1 Å². The summed E-state index contributed by atoms with van der Waals surface area (Å²) in [6, 6.07) is 10.9. The van der Waals surface area contributed by atoms with Crippen molar-refractivity contribution in [2.45, 2.75) is 0 Å². The molecule has 1 aromatic carbocycles. The molecule has 0 spiro atoms. The summed E-state index contributed by atoms with van der Waals surface area (Å²) in [6.45, 7) is 0. The topological polar surface area (TPSA) is 78.8 Å². The van der Waals surface area contributed by atoms with Gasteiger partial charge in [-0.3, -0.25) is 0 Å². The lowest BCUT2D eigenvalue weighted by atomic mass is 10.2. The zero-order valence-electron chi connectivity index (χ0n) is 9.63. The van der Waals surface area contributed by atoms with Gasteiger partial charge in [0.2, 0.25) is 5.95 Å². The number of rotatable bonds is 2. The summed E-state index contributed by atoms with van der Waals surface area (Å²) in [4.78, 5) is 9.67. The fourth-order valence-corrected chi connectivity index (χ4v) is 1.70. The third-order valence-electron chi connectivity index (χ3n) is 2.40.